The van der Waals surface area contributed by atoms with Gasteiger partial charge in [-0.15, -0.1) is 0 Å². The molecule has 4 nitrogen and oxygen atoms in total. The number of carbonyl (C=O) groups excluding carboxylic acids is 1. The first-order valence-corrected chi connectivity index (χ1v) is 8.11. The Bertz CT molecular complexity index is 626. The Labute approximate surface area is 139 Å². The Balaban J connectivity index is 1.94. The van der Waals surface area contributed by atoms with Crippen molar-refractivity contribution in [2.24, 2.45) is 5.92 Å². The van der Waals surface area contributed by atoms with Crippen molar-refractivity contribution in [1.82, 2.24) is 4.98 Å². The number of pyridine rings is 1. The third-order valence-corrected chi connectivity index (χ3v) is 3.87. The van der Waals surface area contributed by atoms with Crippen molar-refractivity contribution in [2.45, 2.75) is 20.3 Å². The summed E-state index contributed by atoms with van der Waals surface area (Å²) >= 11 is 3.37. The summed E-state index contributed by atoms with van der Waals surface area (Å²) in [4.78, 5) is 16.4. The van der Waals surface area contributed by atoms with E-state index in [1.807, 2.05) is 24.3 Å². The average Bonchev–Trinajstić information content (AvgIpc) is 2.49. The molecule has 0 atom stereocenters. The van der Waals surface area contributed by atoms with Gasteiger partial charge in [0.25, 0.3) is 5.91 Å². The van der Waals surface area contributed by atoms with Gasteiger partial charge in [0.05, 0.1) is 17.4 Å². The molecule has 0 aliphatic carbocycles. The fourth-order valence-corrected chi connectivity index (χ4v) is 2.37. The van der Waals surface area contributed by atoms with Gasteiger partial charge in [-0.2, -0.15) is 0 Å². The smallest absolute Gasteiger partial charge is 0.257 e. The minimum Gasteiger partial charge on any atom is -0.384 e. The SMILES string of the molecule is CC(C)CCNc1ccc(NC(=O)c2ccccc2Br)nc1. The Hall–Kier alpha value is -1.88. The van der Waals surface area contributed by atoms with Crippen LogP contribution in [0.2, 0.25) is 0 Å². The first kappa shape index (κ1) is 16.5. The third-order valence-electron chi connectivity index (χ3n) is 3.17. The van der Waals surface area contributed by atoms with E-state index in [1.54, 1.807) is 18.3 Å². The van der Waals surface area contributed by atoms with E-state index < -0.39 is 0 Å². The molecular weight excluding hydrogens is 342 g/mol. The maximum Gasteiger partial charge on any atom is 0.257 e. The lowest BCUT2D eigenvalue weighted by atomic mass is 10.1. The molecule has 5 heteroatoms. The number of carbonyl (C=O) groups is 1. The van der Waals surface area contributed by atoms with Crippen LogP contribution in [0.1, 0.15) is 30.6 Å². The highest BCUT2D eigenvalue weighted by Gasteiger charge is 2.09. The molecule has 1 amide bonds. The number of halogens is 1. The molecule has 1 aromatic carbocycles. The number of hydrogen-bond acceptors (Lipinski definition) is 3. The second-order valence-electron chi connectivity index (χ2n) is 5.48. The van der Waals surface area contributed by atoms with E-state index in [1.165, 1.54) is 0 Å². The highest BCUT2D eigenvalue weighted by molar-refractivity contribution is 9.10. The van der Waals surface area contributed by atoms with Gasteiger partial charge in [0.15, 0.2) is 0 Å². The number of benzene rings is 1. The number of hydrogen-bond donors (Lipinski definition) is 2. The minimum atomic E-state index is -0.180. The molecule has 0 aliphatic heterocycles. The summed E-state index contributed by atoms with van der Waals surface area (Å²) < 4.78 is 0.763. The van der Waals surface area contributed by atoms with Gasteiger partial charge in [0.1, 0.15) is 5.82 Å². The molecule has 2 rings (SSSR count). The van der Waals surface area contributed by atoms with E-state index in [-0.39, 0.29) is 5.91 Å². The molecule has 116 valence electrons. The first-order chi connectivity index (χ1) is 10.6. The van der Waals surface area contributed by atoms with E-state index in [4.69, 9.17) is 0 Å². The number of anilines is 2. The van der Waals surface area contributed by atoms with Gasteiger partial charge in [0, 0.05) is 11.0 Å². The molecule has 2 aromatic rings. The van der Waals surface area contributed by atoms with E-state index in [0.29, 0.717) is 17.3 Å². The van der Waals surface area contributed by atoms with Crippen LogP contribution >= 0.6 is 15.9 Å². The van der Waals surface area contributed by atoms with Crippen LogP contribution in [-0.2, 0) is 0 Å². The Morgan fingerprint density at radius 2 is 2.00 bits per heavy atom. The van der Waals surface area contributed by atoms with Crippen LogP contribution in [0.25, 0.3) is 0 Å². The number of rotatable bonds is 6. The van der Waals surface area contributed by atoms with Gasteiger partial charge in [-0.05, 0) is 52.5 Å². The monoisotopic (exact) mass is 361 g/mol. The average molecular weight is 362 g/mol. The molecule has 0 unspecified atom stereocenters. The lowest BCUT2D eigenvalue weighted by Crippen LogP contribution is -2.13. The van der Waals surface area contributed by atoms with Crippen LogP contribution in [0.4, 0.5) is 11.5 Å². The second kappa shape index (κ2) is 7.94. The molecule has 0 fully saturated rings. The standard InChI is InChI=1S/C17H20BrN3O/c1-12(2)9-10-19-13-7-8-16(20-11-13)21-17(22)14-5-3-4-6-15(14)18/h3-8,11-12,19H,9-10H2,1-2H3,(H,20,21,22). The molecule has 0 bridgehead atoms. The van der Waals surface area contributed by atoms with Crippen molar-refractivity contribution in [1.29, 1.82) is 0 Å². The van der Waals surface area contributed by atoms with E-state index >= 15 is 0 Å². The molecule has 22 heavy (non-hydrogen) atoms. The number of aromatic nitrogens is 1. The summed E-state index contributed by atoms with van der Waals surface area (Å²) in [5, 5.41) is 6.11. The summed E-state index contributed by atoms with van der Waals surface area (Å²) in [5.41, 5.74) is 1.54. The molecule has 0 saturated heterocycles. The highest BCUT2D eigenvalue weighted by atomic mass is 79.9. The predicted molar refractivity (Wildman–Crippen MR) is 94.3 cm³/mol. The zero-order valence-electron chi connectivity index (χ0n) is 12.8. The van der Waals surface area contributed by atoms with Crippen molar-refractivity contribution in [3.8, 4) is 0 Å². The van der Waals surface area contributed by atoms with Crippen molar-refractivity contribution < 1.29 is 4.79 Å². The topological polar surface area (TPSA) is 54.0 Å². The third kappa shape index (κ3) is 4.84. The van der Waals surface area contributed by atoms with Crippen molar-refractivity contribution in [2.75, 3.05) is 17.2 Å². The van der Waals surface area contributed by atoms with Crippen LogP contribution in [0, 0.1) is 5.92 Å². The normalized spacial score (nSPS) is 10.5. The molecule has 2 N–H and O–H groups in total. The number of nitrogens with one attached hydrogen (secondary N) is 2. The van der Waals surface area contributed by atoms with Crippen LogP contribution < -0.4 is 10.6 Å². The van der Waals surface area contributed by atoms with Crippen molar-refractivity contribution >= 4 is 33.3 Å². The molecule has 0 aliphatic rings. The zero-order chi connectivity index (χ0) is 15.9. The Morgan fingerprint density at radius 1 is 1.23 bits per heavy atom. The molecular formula is C17H20BrN3O. The van der Waals surface area contributed by atoms with Crippen molar-refractivity contribution in [3.63, 3.8) is 0 Å². The van der Waals surface area contributed by atoms with E-state index in [2.05, 4.69) is 45.4 Å². The highest BCUT2D eigenvalue weighted by Crippen LogP contribution is 2.18. The summed E-state index contributed by atoms with van der Waals surface area (Å²) in [6.07, 6.45) is 2.84. The van der Waals surface area contributed by atoms with E-state index in [9.17, 15) is 4.79 Å². The molecule has 0 spiro atoms. The first-order valence-electron chi connectivity index (χ1n) is 7.32. The summed E-state index contributed by atoms with van der Waals surface area (Å²) in [7, 11) is 0. The lowest BCUT2D eigenvalue weighted by molar-refractivity contribution is 0.102. The van der Waals surface area contributed by atoms with Gasteiger partial charge in [-0.25, -0.2) is 4.98 Å². The fourth-order valence-electron chi connectivity index (χ4n) is 1.91. The number of nitrogens with zero attached hydrogens (tertiary/aromatic N) is 1. The van der Waals surface area contributed by atoms with Gasteiger partial charge in [-0.1, -0.05) is 26.0 Å². The summed E-state index contributed by atoms with van der Waals surface area (Å²) in [5.74, 6) is 1.03. The predicted octanol–water partition coefficient (Wildman–Crippen LogP) is 4.55. The zero-order valence-corrected chi connectivity index (χ0v) is 14.4. The van der Waals surface area contributed by atoms with Gasteiger partial charge in [-0.3, -0.25) is 4.79 Å². The van der Waals surface area contributed by atoms with Crippen LogP contribution in [-0.4, -0.2) is 17.4 Å². The Kier molecular flexibility index (Phi) is 5.95. The van der Waals surface area contributed by atoms with E-state index in [0.717, 1.165) is 23.1 Å². The van der Waals surface area contributed by atoms with Gasteiger partial charge >= 0.3 is 0 Å². The van der Waals surface area contributed by atoms with Crippen LogP contribution in [0.5, 0.6) is 0 Å². The largest absolute Gasteiger partial charge is 0.384 e. The molecule has 0 saturated carbocycles. The lowest BCUT2D eigenvalue weighted by Gasteiger charge is -2.09. The van der Waals surface area contributed by atoms with Crippen LogP contribution in [0.15, 0.2) is 47.1 Å². The number of amides is 1. The minimum absolute atomic E-state index is 0.180. The fraction of sp³-hybridized carbons (Fsp3) is 0.294. The maximum atomic E-state index is 12.2. The summed E-state index contributed by atoms with van der Waals surface area (Å²) in [6.45, 7) is 5.31. The van der Waals surface area contributed by atoms with Gasteiger partial charge in [0.2, 0.25) is 0 Å². The quantitative estimate of drug-likeness (QED) is 0.792. The summed E-state index contributed by atoms with van der Waals surface area (Å²) in [6, 6.07) is 11.0. The molecule has 1 aromatic heterocycles. The second-order valence-corrected chi connectivity index (χ2v) is 6.33. The van der Waals surface area contributed by atoms with Crippen molar-refractivity contribution in [3.05, 3.63) is 52.6 Å². The molecule has 0 radical (unpaired) electrons. The molecule has 1 heterocycles. The maximum absolute atomic E-state index is 12.2. The van der Waals surface area contributed by atoms with Crippen LogP contribution in [0.3, 0.4) is 0 Å². The van der Waals surface area contributed by atoms with Gasteiger partial charge < -0.3 is 10.6 Å². The Morgan fingerprint density at radius 3 is 2.64 bits per heavy atom.